The zero-order chi connectivity index (χ0) is 11.7. The summed E-state index contributed by atoms with van der Waals surface area (Å²) in [5.74, 6) is 0.830. The first-order valence-corrected chi connectivity index (χ1v) is 5.82. The van der Waals surface area contributed by atoms with E-state index in [1.165, 1.54) is 0 Å². The Labute approximate surface area is 111 Å². The van der Waals surface area contributed by atoms with E-state index < -0.39 is 0 Å². The van der Waals surface area contributed by atoms with Gasteiger partial charge in [0.25, 0.3) is 5.56 Å². The Hall–Kier alpha value is -1.52. The Kier molecular flexibility index (Phi) is 3.89. The van der Waals surface area contributed by atoms with Crippen LogP contribution in [0.1, 0.15) is 6.42 Å². The van der Waals surface area contributed by atoms with Crippen molar-refractivity contribution in [2.45, 2.75) is 12.5 Å². The lowest BCUT2D eigenvalue weighted by Crippen LogP contribution is -2.19. The van der Waals surface area contributed by atoms with Crippen LogP contribution in [0.15, 0.2) is 35.3 Å². The molecule has 2 N–H and O–H groups in total. The quantitative estimate of drug-likeness (QED) is 0.870. The average molecular weight is 267 g/mol. The molecule has 2 aromatic rings. The molecule has 0 spiro atoms. The second-order valence-electron chi connectivity index (χ2n) is 4.29. The summed E-state index contributed by atoms with van der Waals surface area (Å²) in [5.41, 5.74) is -0.0587. The molecule has 0 amide bonds. The summed E-state index contributed by atoms with van der Waals surface area (Å²) in [6.45, 7) is 1.91. The summed E-state index contributed by atoms with van der Waals surface area (Å²) < 4.78 is 5.85. The molecule has 0 bridgehead atoms. The van der Waals surface area contributed by atoms with Crippen LogP contribution in [0.2, 0.25) is 0 Å². The Morgan fingerprint density at radius 1 is 1.28 bits per heavy atom. The SMILES string of the molecule is Cl.O=c1[nH]ccc2cc(OC3CCNC3)ccc12. The minimum atomic E-state index is -0.0587. The summed E-state index contributed by atoms with van der Waals surface area (Å²) in [5, 5.41) is 4.87. The highest BCUT2D eigenvalue weighted by atomic mass is 35.5. The van der Waals surface area contributed by atoms with Gasteiger partial charge < -0.3 is 15.0 Å². The van der Waals surface area contributed by atoms with E-state index in [0.29, 0.717) is 5.39 Å². The maximum Gasteiger partial charge on any atom is 0.255 e. The molecule has 3 rings (SSSR count). The van der Waals surface area contributed by atoms with Gasteiger partial charge in [-0.2, -0.15) is 0 Å². The second-order valence-corrected chi connectivity index (χ2v) is 4.29. The number of rotatable bonds is 2. The molecular weight excluding hydrogens is 252 g/mol. The summed E-state index contributed by atoms with van der Waals surface area (Å²) >= 11 is 0. The van der Waals surface area contributed by atoms with Gasteiger partial charge in [0, 0.05) is 18.1 Å². The maximum atomic E-state index is 11.5. The summed E-state index contributed by atoms with van der Waals surface area (Å²) in [6.07, 6.45) is 2.94. The normalized spacial score (nSPS) is 18.6. The number of halogens is 1. The molecule has 1 fully saturated rings. The molecule has 0 saturated carbocycles. The van der Waals surface area contributed by atoms with Crippen molar-refractivity contribution in [3.05, 3.63) is 40.8 Å². The third-order valence-corrected chi connectivity index (χ3v) is 3.06. The highest BCUT2D eigenvalue weighted by molar-refractivity contribution is 5.85. The minimum Gasteiger partial charge on any atom is -0.489 e. The van der Waals surface area contributed by atoms with Gasteiger partial charge in [0.05, 0.1) is 0 Å². The number of aromatic nitrogens is 1. The van der Waals surface area contributed by atoms with Gasteiger partial charge in [-0.1, -0.05) is 0 Å². The van der Waals surface area contributed by atoms with E-state index >= 15 is 0 Å². The number of ether oxygens (including phenoxy) is 1. The summed E-state index contributed by atoms with van der Waals surface area (Å²) in [4.78, 5) is 14.2. The van der Waals surface area contributed by atoms with E-state index in [-0.39, 0.29) is 24.1 Å². The number of fused-ring (bicyclic) bond motifs is 1. The number of H-pyrrole nitrogens is 1. The fraction of sp³-hybridized carbons (Fsp3) is 0.308. The number of hydrogen-bond acceptors (Lipinski definition) is 3. The Bertz CT molecular complexity index is 591. The first kappa shape index (κ1) is 12.9. The van der Waals surface area contributed by atoms with E-state index in [2.05, 4.69) is 10.3 Å². The number of hydrogen-bond donors (Lipinski definition) is 2. The zero-order valence-electron chi connectivity index (χ0n) is 9.81. The molecule has 1 aromatic carbocycles. The van der Waals surface area contributed by atoms with Gasteiger partial charge in [0.2, 0.25) is 0 Å². The smallest absolute Gasteiger partial charge is 0.255 e. The zero-order valence-corrected chi connectivity index (χ0v) is 10.6. The molecule has 96 valence electrons. The summed E-state index contributed by atoms with van der Waals surface area (Å²) in [6, 6.07) is 7.47. The number of benzene rings is 1. The van der Waals surface area contributed by atoms with Crippen LogP contribution in [0.25, 0.3) is 10.8 Å². The molecule has 1 aliphatic heterocycles. The van der Waals surface area contributed by atoms with Crippen molar-refractivity contribution in [3.8, 4) is 5.75 Å². The molecule has 1 saturated heterocycles. The van der Waals surface area contributed by atoms with Crippen molar-refractivity contribution in [1.29, 1.82) is 0 Å². The Balaban J connectivity index is 0.00000120. The van der Waals surface area contributed by atoms with E-state index in [1.807, 2.05) is 24.3 Å². The van der Waals surface area contributed by atoms with Crippen molar-refractivity contribution < 1.29 is 4.74 Å². The van der Waals surface area contributed by atoms with Crippen molar-refractivity contribution >= 4 is 23.2 Å². The van der Waals surface area contributed by atoms with Gasteiger partial charge in [-0.15, -0.1) is 12.4 Å². The average Bonchev–Trinajstić information content (AvgIpc) is 2.82. The molecule has 1 unspecified atom stereocenters. The van der Waals surface area contributed by atoms with Crippen LogP contribution >= 0.6 is 12.4 Å². The van der Waals surface area contributed by atoms with Crippen LogP contribution in [-0.2, 0) is 0 Å². The highest BCUT2D eigenvalue weighted by Crippen LogP contribution is 2.20. The lowest BCUT2D eigenvalue weighted by Gasteiger charge is -2.12. The molecule has 18 heavy (non-hydrogen) atoms. The number of pyridine rings is 1. The third-order valence-electron chi connectivity index (χ3n) is 3.06. The third kappa shape index (κ3) is 2.49. The first-order chi connectivity index (χ1) is 8.33. The van der Waals surface area contributed by atoms with Crippen molar-refractivity contribution in [2.24, 2.45) is 0 Å². The Morgan fingerprint density at radius 3 is 2.94 bits per heavy atom. The molecule has 5 heteroatoms. The monoisotopic (exact) mass is 266 g/mol. The van der Waals surface area contributed by atoms with E-state index in [0.717, 1.165) is 30.6 Å². The standard InChI is InChI=1S/C13H14N2O2.ClH/c16-13-12-2-1-10(7-9(12)3-6-15-13)17-11-4-5-14-8-11;/h1-3,6-7,11,14H,4-5,8H2,(H,15,16);1H. The van der Waals surface area contributed by atoms with Crippen molar-refractivity contribution in [1.82, 2.24) is 10.3 Å². The predicted octanol–water partition coefficient (Wildman–Crippen LogP) is 1.69. The fourth-order valence-electron chi connectivity index (χ4n) is 2.16. The van der Waals surface area contributed by atoms with Crippen LogP contribution < -0.4 is 15.6 Å². The molecule has 2 heterocycles. The maximum absolute atomic E-state index is 11.5. The second kappa shape index (κ2) is 5.42. The van der Waals surface area contributed by atoms with E-state index in [4.69, 9.17) is 4.74 Å². The summed E-state index contributed by atoms with van der Waals surface area (Å²) in [7, 11) is 0. The van der Waals surface area contributed by atoms with Crippen LogP contribution in [0.3, 0.4) is 0 Å². The molecule has 1 aromatic heterocycles. The largest absolute Gasteiger partial charge is 0.489 e. The van der Waals surface area contributed by atoms with Crippen molar-refractivity contribution in [3.63, 3.8) is 0 Å². The molecule has 0 radical (unpaired) electrons. The van der Waals surface area contributed by atoms with Gasteiger partial charge in [0.15, 0.2) is 0 Å². The highest BCUT2D eigenvalue weighted by Gasteiger charge is 2.15. The molecule has 4 nitrogen and oxygen atoms in total. The molecular formula is C13H15ClN2O2. The van der Waals surface area contributed by atoms with Crippen LogP contribution in [0.4, 0.5) is 0 Å². The lowest BCUT2D eigenvalue weighted by atomic mass is 10.1. The molecule has 1 aliphatic rings. The van der Waals surface area contributed by atoms with Gasteiger partial charge in [-0.25, -0.2) is 0 Å². The predicted molar refractivity (Wildman–Crippen MR) is 73.7 cm³/mol. The van der Waals surface area contributed by atoms with E-state index in [9.17, 15) is 4.79 Å². The van der Waals surface area contributed by atoms with Crippen LogP contribution in [-0.4, -0.2) is 24.2 Å². The van der Waals surface area contributed by atoms with Gasteiger partial charge >= 0.3 is 0 Å². The number of nitrogens with one attached hydrogen (secondary N) is 2. The van der Waals surface area contributed by atoms with Gasteiger partial charge in [0.1, 0.15) is 11.9 Å². The molecule has 1 atom stereocenters. The van der Waals surface area contributed by atoms with Gasteiger partial charge in [-0.05, 0) is 42.6 Å². The minimum absolute atomic E-state index is 0. The molecule has 0 aliphatic carbocycles. The topological polar surface area (TPSA) is 54.1 Å². The van der Waals surface area contributed by atoms with Crippen LogP contribution in [0.5, 0.6) is 5.75 Å². The van der Waals surface area contributed by atoms with E-state index in [1.54, 1.807) is 6.20 Å². The number of aromatic amines is 1. The Morgan fingerprint density at radius 2 is 2.17 bits per heavy atom. The van der Waals surface area contributed by atoms with Crippen molar-refractivity contribution in [2.75, 3.05) is 13.1 Å². The fourth-order valence-corrected chi connectivity index (χ4v) is 2.16. The lowest BCUT2D eigenvalue weighted by molar-refractivity contribution is 0.223. The van der Waals surface area contributed by atoms with Crippen LogP contribution in [0, 0.1) is 0 Å². The van der Waals surface area contributed by atoms with Gasteiger partial charge in [-0.3, -0.25) is 4.79 Å². The first-order valence-electron chi connectivity index (χ1n) is 5.82.